The highest BCUT2D eigenvalue weighted by Crippen LogP contribution is 2.35. The number of aromatic nitrogens is 1. The minimum absolute atomic E-state index is 0.113. The zero-order valence-corrected chi connectivity index (χ0v) is 13.2. The molecule has 0 aliphatic heterocycles. The number of ketones is 1. The second-order valence-electron chi connectivity index (χ2n) is 6.18. The fourth-order valence-corrected chi connectivity index (χ4v) is 2.95. The van der Waals surface area contributed by atoms with Crippen LogP contribution in [0.1, 0.15) is 29.0 Å². The van der Waals surface area contributed by atoms with Gasteiger partial charge in [0.1, 0.15) is 12.3 Å². The molecule has 5 nitrogen and oxygen atoms in total. The van der Waals surface area contributed by atoms with Crippen molar-refractivity contribution in [2.24, 2.45) is 5.92 Å². The summed E-state index contributed by atoms with van der Waals surface area (Å²) in [5.41, 5.74) is 1.64. The van der Waals surface area contributed by atoms with Gasteiger partial charge < -0.3 is 14.3 Å². The topological polar surface area (TPSA) is 64.2 Å². The molecule has 3 aromatic rings. The van der Waals surface area contributed by atoms with Crippen LogP contribution in [0.25, 0.3) is 10.9 Å². The minimum Gasteiger partial charge on any atom is -0.467 e. The van der Waals surface area contributed by atoms with E-state index in [-0.39, 0.29) is 24.2 Å². The predicted octanol–water partition coefficient (Wildman–Crippen LogP) is 3.14. The number of Topliss-reactive ketones (excluding diaryl/α,β-unsaturated/α-hetero) is 1. The number of nitrogens with one attached hydrogen (secondary N) is 1. The smallest absolute Gasteiger partial charge is 0.240 e. The van der Waals surface area contributed by atoms with Gasteiger partial charge in [-0.15, -0.1) is 0 Å². The molecular formula is C19H18N2O3. The van der Waals surface area contributed by atoms with Gasteiger partial charge in [0.15, 0.2) is 5.78 Å². The molecule has 0 radical (unpaired) electrons. The SMILES string of the molecule is O=C(Cn1cc(C(=O)C2CC2)c2ccccc21)NCc1ccco1. The number of carbonyl (C=O) groups is 2. The van der Waals surface area contributed by atoms with E-state index in [9.17, 15) is 9.59 Å². The number of carbonyl (C=O) groups excluding carboxylic acids is 2. The molecule has 24 heavy (non-hydrogen) atoms. The maximum Gasteiger partial charge on any atom is 0.240 e. The van der Waals surface area contributed by atoms with E-state index in [2.05, 4.69) is 5.32 Å². The standard InChI is InChI=1S/C19H18N2O3/c22-18(20-10-14-4-3-9-24-14)12-21-11-16(19(23)13-7-8-13)15-5-1-2-6-17(15)21/h1-6,9,11,13H,7-8,10,12H2,(H,20,22). The predicted molar refractivity (Wildman–Crippen MR) is 89.5 cm³/mol. The maximum atomic E-state index is 12.5. The highest BCUT2D eigenvalue weighted by atomic mass is 16.3. The Hall–Kier alpha value is -2.82. The summed E-state index contributed by atoms with van der Waals surface area (Å²) in [6.45, 7) is 0.540. The number of hydrogen-bond acceptors (Lipinski definition) is 3. The molecular weight excluding hydrogens is 304 g/mol. The third-order valence-electron chi connectivity index (χ3n) is 4.36. The Balaban J connectivity index is 1.55. The summed E-state index contributed by atoms with van der Waals surface area (Å²) in [4.78, 5) is 24.7. The van der Waals surface area contributed by atoms with Crippen LogP contribution in [0.5, 0.6) is 0 Å². The van der Waals surface area contributed by atoms with Gasteiger partial charge in [0.05, 0.1) is 12.8 Å². The quantitative estimate of drug-likeness (QED) is 0.709. The number of para-hydroxylation sites is 1. The highest BCUT2D eigenvalue weighted by molar-refractivity contribution is 6.10. The van der Waals surface area contributed by atoms with Crippen LogP contribution in [0.15, 0.2) is 53.3 Å². The van der Waals surface area contributed by atoms with Crippen molar-refractivity contribution < 1.29 is 14.0 Å². The number of rotatable bonds is 6. The first-order valence-electron chi connectivity index (χ1n) is 8.13. The lowest BCUT2D eigenvalue weighted by atomic mass is 10.1. The van der Waals surface area contributed by atoms with E-state index in [1.807, 2.05) is 41.1 Å². The van der Waals surface area contributed by atoms with Crippen molar-refractivity contribution in [3.63, 3.8) is 0 Å². The van der Waals surface area contributed by atoms with E-state index in [1.54, 1.807) is 12.3 Å². The summed E-state index contributed by atoms with van der Waals surface area (Å²) in [7, 11) is 0. The Kier molecular flexibility index (Phi) is 3.69. The molecule has 1 fully saturated rings. The van der Waals surface area contributed by atoms with Crippen LogP contribution < -0.4 is 5.32 Å². The van der Waals surface area contributed by atoms with Gasteiger partial charge in [0.2, 0.25) is 5.91 Å². The van der Waals surface area contributed by atoms with Gasteiger partial charge >= 0.3 is 0 Å². The average molecular weight is 322 g/mol. The van der Waals surface area contributed by atoms with Gasteiger partial charge in [-0.2, -0.15) is 0 Å². The van der Waals surface area contributed by atoms with Gasteiger partial charge in [0.25, 0.3) is 0 Å². The Labute approximate surface area is 139 Å². The van der Waals surface area contributed by atoms with Crippen LogP contribution in [0.3, 0.4) is 0 Å². The number of nitrogens with zero attached hydrogens (tertiary/aromatic N) is 1. The summed E-state index contributed by atoms with van der Waals surface area (Å²) in [5, 5.41) is 3.76. The average Bonchev–Trinajstić information content (AvgIpc) is 3.20. The molecule has 1 saturated carbocycles. The van der Waals surface area contributed by atoms with Crippen molar-refractivity contribution in [1.82, 2.24) is 9.88 Å². The van der Waals surface area contributed by atoms with Gasteiger partial charge in [-0.3, -0.25) is 9.59 Å². The lowest BCUT2D eigenvalue weighted by Gasteiger charge is -2.06. The second-order valence-corrected chi connectivity index (χ2v) is 6.18. The van der Waals surface area contributed by atoms with Gasteiger partial charge in [0, 0.05) is 28.6 Å². The van der Waals surface area contributed by atoms with Gasteiger partial charge in [-0.05, 0) is 31.0 Å². The van der Waals surface area contributed by atoms with E-state index >= 15 is 0 Å². The van der Waals surface area contributed by atoms with Crippen LogP contribution in [0, 0.1) is 5.92 Å². The normalized spacial score (nSPS) is 14.0. The molecule has 122 valence electrons. The van der Waals surface area contributed by atoms with Crippen molar-refractivity contribution in [3.05, 3.63) is 60.2 Å². The van der Waals surface area contributed by atoms with Crippen molar-refractivity contribution >= 4 is 22.6 Å². The van der Waals surface area contributed by atoms with E-state index in [0.717, 1.165) is 29.3 Å². The van der Waals surface area contributed by atoms with E-state index in [0.29, 0.717) is 12.3 Å². The first-order chi connectivity index (χ1) is 11.7. The molecule has 1 aliphatic rings. The van der Waals surface area contributed by atoms with Crippen LogP contribution in [0.2, 0.25) is 0 Å². The molecule has 0 spiro atoms. The third-order valence-corrected chi connectivity index (χ3v) is 4.36. The molecule has 1 aromatic carbocycles. The van der Waals surface area contributed by atoms with Crippen molar-refractivity contribution in [3.8, 4) is 0 Å². The summed E-state index contributed by atoms with van der Waals surface area (Å²) in [5.74, 6) is 0.959. The zero-order chi connectivity index (χ0) is 16.5. The lowest BCUT2D eigenvalue weighted by molar-refractivity contribution is -0.121. The molecule has 0 atom stereocenters. The van der Waals surface area contributed by atoms with Crippen LogP contribution in [0.4, 0.5) is 0 Å². The molecule has 0 bridgehead atoms. The van der Waals surface area contributed by atoms with Crippen LogP contribution >= 0.6 is 0 Å². The van der Waals surface area contributed by atoms with E-state index < -0.39 is 0 Å². The summed E-state index contributed by atoms with van der Waals surface area (Å²) >= 11 is 0. The fourth-order valence-electron chi connectivity index (χ4n) is 2.95. The number of furan rings is 1. The van der Waals surface area contributed by atoms with Crippen LogP contribution in [-0.2, 0) is 17.9 Å². The molecule has 2 aromatic heterocycles. The largest absolute Gasteiger partial charge is 0.467 e. The van der Waals surface area contributed by atoms with Crippen molar-refractivity contribution in [2.45, 2.75) is 25.9 Å². The van der Waals surface area contributed by atoms with E-state index in [1.165, 1.54) is 0 Å². The Bertz CT molecular complexity index is 889. The fraction of sp³-hybridized carbons (Fsp3) is 0.263. The van der Waals surface area contributed by atoms with Crippen LogP contribution in [-0.4, -0.2) is 16.3 Å². The lowest BCUT2D eigenvalue weighted by Crippen LogP contribution is -2.26. The molecule has 1 aliphatic carbocycles. The van der Waals surface area contributed by atoms with Gasteiger partial charge in [-0.25, -0.2) is 0 Å². The molecule has 1 N–H and O–H groups in total. The number of benzene rings is 1. The molecule has 1 amide bonds. The Morgan fingerprint density at radius 1 is 1.17 bits per heavy atom. The molecule has 4 rings (SSSR count). The first-order valence-corrected chi connectivity index (χ1v) is 8.13. The summed E-state index contributed by atoms with van der Waals surface area (Å²) < 4.78 is 7.06. The Morgan fingerprint density at radius 2 is 2.00 bits per heavy atom. The maximum absolute atomic E-state index is 12.5. The van der Waals surface area contributed by atoms with Crippen molar-refractivity contribution in [2.75, 3.05) is 0 Å². The Morgan fingerprint density at radius 3 is 2.75 bits per heavy atom. The number of amides is 1. The number of hydrogen-bond donors (Lipinski definition) is 1. The minimum atomic E-state index is -0.113. The molecule has 0 saturated heterocycles. The first kappa shape index (κ1) is 14.8. The number of fused-ring (bicyclic) bond motifs is 1. The van der Waals surface area contributed by atoms with E-state index in [4.69, 9.17) is 4.42 Å². The van der Waals surface area contributed by atoms with Crippen molar-refractivity contribution in [1.29, 1.82) is 0 Å². The summed E-state index contributed by atoms with van der Waals surface area (Å²) in [6, 6.07) is 11.3. The molecule has 5 heteroatoms. The summed E-state index contributed by atoms with van der Waals surface area (Å²) in [6.07, 6.45) is 5.35. The molecule has 0 unspecified atom stereocenters. The highest BCUT2D eigenvalue weighted by Gasteiger charge is 2.32. The third kappa shape index (κ3) is 2.85. The second kappa shape index (κ2) is 6.00. The monoisotopic (exact) mass is 322 g/mol. The molecule has 2 heterocycles. The zero-order valence-electron chi connectivity index (χ0n) is 13.2. The van der Waals surface area contributed by atoms with Gasteiger partial charge in [-0.1, -0.05) is 18.2 Å².